The SMILES string of the molecule is O=C(SS)c1cccc(N2CCOCC2)c1. The number of nitrogens with zero attached hydrogens (tertiary/aromatic N) is 1. The number of morpholine rings is 1. The van der Waals surface area contributed by atoms with E-state index < -0.39 is 0 Å². The summed E-state index contributed by atoms with van der Waals surface area (Å²) < 4.78 is 5.30. The molecule has 0 amide bonds. The van der Waals surface area contributed by atoms with Crippen LogP contribution in [0.15, 0.2) is 24.3 Å². The van der Waals surface area contributed by atoms with Crippen molar-refractivity contribution < 1.29 is 9.53 Å². The lowest BCUT2D eigenvalue weighted by Gasteiger charge is -2.29. The monoisotopic (exact) mass is 255 g/mol. The first-order valence-electron chi connectivity index (χ1n) is 5.10. The molecule has 0 unspecified atom stereocenters. The van der Waals surface area contributed by atoms with Crippen LogP contribution in [-0.4, -0.2) is 31.4 Å². The van der Waals surface area contributed by atoms with E-state index in [0.29, 0.717) is 5.56 Å². The first kappa shape index (κ1) is 11.8. The maximum atomic E-state index is 11.5. The lowest BCUT2D eigenvalue weighted by atomic mass is 10.2. The molecule has 0 atom stereocenters. The predicted molar refractivity (Wildman–Crippen MR) is 70.4 cm³/mol. The zero-order chi connectivity index (χ0) is 11.4. The Labute approximate surface area is 104 Å². The molecule has 1 aromatic carbocycles. The summed E-state index contributed by atoms with van der Waals surface area (Å²) in [6.45, 7) is 3.26. The van der Waals surface area contributed by atoms with Gasteiger partial charge in [-0.25, -0.2) is 0 Å². The number of ether oxygens (including phenoxy) is 1. The second kappa shape index (κ2) is 5.61. The number of carbonyl (C=O) groups is 1. The minimum Gasteiger partial charge on any atom is -0.378 e. The first-order valence-corrected chi connectivity index (χ1v) is 6.96. The van der Waals surface area contributed by atoms with Crippen molar-refractivity contribution in [1.29, 1.82) is 0 Å². The van der Waals surface area contributed by atoms with Crippen LogP contribution in [0.4, 0.5) is 5.69 Å². The van der Waals surface area contributed by atoms with Crippen molar-refractivity contribution in [2.45, 2.75) is 0 Å². The summed E-state index contributed by atoms with van der Waals surface area (Å²) in [5.74, 6) is 0. The Bertz CT molecular complexity index is 378. The summed E-state index contributed by atoms with van der Waals surface area (Å²) in [6.07, 6.45) is 0. The number of hydrogen-bond acceptors (Lipinski definition) is 5. The van der Waals surface area contributed by atoms with E-state index in [2.05, 4.69) is 16.6 Å². The fourth-order valence-electron chi connectivity index (χ4n) is 1.70. The summed E-state index contributed by atoms with van der Waals surface area (Å²) >= 11 is 3.92. The van der Waals surface area contributed by atoms with Gasteiger partial charge in [-0.15, -0.1) is 11.7 Å². The predicted octanol–water partition coefficient (Wildman–Crippen LogP) is 2.24. The average Bonchev–Trinajstić information content (AvgIpc) is 2.39. The molecule has 5 heteroatoms. The normalized spacial score (nSPS) is 16.2. The Morgan fingerprint density at radius 3 is 2.81 bits per heavy atom. The summed E-state index contributed by atoms with van der Waals surface area (Å²) in [5, 5.41) is -0.0153. The minimum atomic E-state index is -0.0153. The number of rotatable bonds is 2. The van der Waals surface area contributed by atoms with E-state index in [4.69, 9.17) is 4.74 Å². The van der Waals surface area contributed by atoms with Crippen molar-refractivity contribution in [3.05, 3.63) is 29.8 Å². The Balaban J connectivity index is 2.17. The lowest BCUT2D eigenvalue weighted by Crippen LogP contribution is -2.36. The van der Waals surface area contributed by atoms with Crippen LogP contribution < -0.4 is 4.90 Å². The largest absolute Gasteiger partial charge is 0.378 e. The van der Waals surface area contributed by atoms with Crippen LogP contribution in [-0.2, 0) is 4.74 Å². The first-order chi connectivity index (χ1) is 7.81. The van der Waals surface area contributed by atoms with Crippen LogP contribution in [0.1, 0.15) is 10.4 Å². The second-order valence-corrected chi connectivity index (χ2v) is 4.63. The van der Waals surface area contributed by atoms with Crippen LogP contribution in [0.25, 0.3) is 0 Å². The standard InChI is InChI=1S/C11H13NO2S2/c13-11(16-15)9-2-1-3-10(8-9)12-4-6-14-7-5-12/h1-3,8,15H,4-7H2. The van der Waals surface area contributed by atoms with E-state index in [1.165, 1.54) is 0 Å². The molecule has 0 bridgehead atoms. The molecule has 0 aliphatic carbocycles. The average molecular weight is 255 g/mol. The molecule has 1 aliphatic heterocycles. The van der Waals surface area contributed by atoms with Crippen LogP contribution in [0, 0.1) is 0 Å². The molecule has 2 rings (SSSR count). The fourth-order valence-corrected chi connectivity index (χ4v) is 2.25. The fraction of sp³-hybridized carbons (Fsp3) is 0.364. The van der Waals surface area contributed by atoms with Gasteiger partial charge in [0, 0.05) is 24.3 Å². The van der Waals surface area contributed by atoms with Gasteiger partial charge in [0.05, 0.1) is 13.2 Å². The third-order valence-electron chi connectivity index (χ3n) is 2.54. The molecule has 1 fully saturated rings. The van der Waals surface area contributed by atoms with E-state index in [1.54, 1.807) is 0 Å². The molecule has 0 N–H and O–H groups in total. The van der Waals surface area contributed by atoms with Crippen molar-refractivity contribution in [2.24, 2.45) is 0 Å². The molecule has 16 heavy (non-hydrogen) atoms. The molecule has 0 spiro atoms. The Hall–Kier alpha value is -0.650. The summed E-state index contributed by atoms with van der Waals surface area (Å²) in [5.41, 5.74) is 1.78. The molecule has 1 aliphatic rings. The van der Waals surface area contributed by atoms with E-state index in [-0.39, 0.29) is 5.12 Å². The number of thiol groups is 1. The van der Waals surface area contributed by atoms with Gasteiger partial charge in [-0.2, -0.15) is 0 Å². The molecule has 1 aromatic rings. The van der Waals surface area contributed by atoms with E-state index >= 15 is 0 Å². The van der Waals surface area contributed by atoms with E-state index in [9.17, 15) is 4.79 Å². The summed E-state index contributed by atoms with van der Waals surface area (Å²) in [7, 11) is 0.946. The third-order valence-corrected chi connectivity index (χ3v) is 3.44. The number of hydrogen-bond donors (Lipinski definition) is 1. The van der Waals surface area contributed by atoms with Crippen molar-refractivity contribution in [1.82, 2.24) is 0 Å². The molecule has 0 saturated carbocycles. The van der Waals surface area contributed by atoms with E-state index in [0.717, 1.165) is 42.8 Å². The topological polar surface area (TPSA) is 29.5 Å². The number of anilines is 1. The van der Waals surface area contributed by atoms with Crippen LogP contribution in [0.2, 0.25) is 0 Å². The van der Waals surface area contributed by atoms with Gasteiger partial charge in [0.2, 0.25) is 5.12 Å². The van der Waals surface area contributed by atoms with Crippen LogP contribution in [0.3, 0.4) is 0 Å². The molecule has 1 saturated heterocycles. The molecule has 0 aromatic heterocycles. The molecular formula is C11H13NO2S2. The molecular weight excluding hydrogens is 242 g/mol. The van der Waals surface area contributed by atoms with Gasteiger partial charge in [-0.3, -0.25) is 4.79 Å². The Kier molecular flexibility index (Phi) is 4.15. The van der Waals surface area contributed by atoms with Gasteiger partial charge in [-0.1, -0.05) is 12.1 Å². The van der Waals surface area contributed by atoms with Crippen molar-refractivity contribution >= 4 is 33.3 Å². The van der Waals surface area contributed by atoms with Gasteiger partial charge in [-0.05, 0) is 22.9 Å². The van der Waals surface area contributed by atoms with Crippen molar-refractivity contribution in [3.8, 4) is 0 Å². The highest BCUT2D eigenvalue weighted by atomic mass is 33.1. The van der Waals surface area contributed by atoms with Gasteiger partial charge in [0.1, 0.15) is 0 Å². The highest BCUT2D eigenvalue weighted by Crippen LogP contribution is 2.21. The highest BCUT2D eigenvalue weighted by Gasteiger charge is 2.12. The van der Waals surface area contributed by atoms with Crippen molar-refractivity contribution in [3.63, 3.8) is 0 Å². The molecule has 86 valence electrons. The zero-order valence-corrected chi connectivity index (χ0v) is 10.5. The van der Waals surface area contributed by atoms with Crippen LogP contribution in [0.5, 0.6) is 0 Å². The van der Waals surface area contributed by atoms with Crippen molar-refractivity contribution in [2.75, 3.05) is 31.2 Å². The zero-order valence-electron chi connectivity index (χ0n) is 8.76. The van der Waals surface area contributed by atoms with E-state index in [1.807, 2.05) is 24.3 Å². The third kappa shape index (κ3) is 2.72. The number of carbonyl (C=O) groups excluding carboxylic acids is 1. The number of benzene rings is 1. The molecule has 0 radical (unpaired) electrons. The highest BCUT2D eigenvalue weighted by molar-refractivity contribution is 8.75. The smallest absolute Gasteiger partial charge is 0.229 e. The van der Waals surface area contributed by atoms with Gasteiger partial charge in [0.25, 0.3) is 0 Å². The summed E-state index contributed by atoms with van der Waals surface area (Å²) in [4.78, 5) is 13.7. The lowest BCUT2D eigenvalue weighted by molar-refractivity contribution is 0.109. The summed E-state index contributed by atoms with van der Waals surface area (Å²) in [6, 6.07) is 7.65. The van der Waals surface area contributed by atoms with Crippen LogP contribution >= 0.6 is 22.5 Å². The van der Waals surface area contributed by atoms with Gasteiger partial charge >= 0.3 is 0 Å². The maximum absolute atomic E-state index is 11.5. The van der Waals surface area contributed by atoms with Gasteiger partial charge in [0.15, 0.2) is 0 Å². The second-order valence-electron chi connectivity index (χ2n) is 3.53. The Morgan fingerprint density at radius 1 is 1.38 bits per heavy atom. The molecule has 1 heterocycles. The minimum absolute atomic E-state index is 0.0153. The maximum Gasteiger partial charge on any atom is 0.229 e. The molecule has 3 nitrogen and oxygen atoms in total. The quantitative estimate of drug-likeness (QED) is 0.648. The van der Waals surface area contributed by atoms with Gasteiger partial charge < -0.3 is 9.64 Å². The Morgan fingerprint density at radius 2 is 2.12 bits per heavy atom.